The van der Waals surface area contributed by atoms with Gasteiger partial charge in [-0.15, -0.1) is 0 Å². The van der Waals surface area contributed by atoms with Crippen LogP contribution < -0.4 is 5.32 Å². The molecule has 0 aliphatic carbocycles. The standard InChI is InChI=1S/C12H25NO4/c1-11(2,9-17-12(3,4)16)8-10(15)13-6-5-7-14/h14,16H,5-9H2,1-4H3,(H,13,15). The SMILES string of the molecule is CC(C)(COC(C)(C)O)CC(=O)NCCCO. The van der Waals surface area contributed by atoms with Crippen molar-refractivity contribution in [1.29, 1.82) is 0 Å². The minimum absolute atomic E-state index is 0.0669. The summed E-state index contributed by atoms with van der Waals surface area (Å²) in [6.07, 6.45) is 0.890. The summed E-state index contributed by atoms with van der Waals surface area (Å²) in [6.45, 7) is 7.80. The quantitative estimate of drug-likeness (QED) is 0.434. The number of amides is 1. The third-order valence-electron chi connectivity index (χ3n) is 2.11. The van der Waals surface area contributed by atoms with Crippen molar-refractivity contribution in [3.8, 4) is 0 Å². The number of aliphatic hydroxyl groups excluding tert-OH is 1. The predicted octanol–water partition coefficient (Wildman–Crippen LogP) is 0.646. The molecular formula is C12H25NO4. The van der Waals surface area contributed by atoms with Crippen LogP contribution in [0.2, 0.25) is 0 Å². The van der Waals surface area contributed by atoms with Crippen molar-refractivity contribution in [1.82, 2.24) is 5.32 Å². The molecule has 5 heteroatoms. The second-order valence-electron chi connectivity index (χ2n) is 5.50. The van der Waals surface area contributed by atoms with E-state index >= 15 is 0 Å². The Bertz CT molecular complexity index is 233. The third kappa shape index (κ3) is 10.2. The van der Waals surface area contributed by atoms with Gasteiger partial charge >= 0.3 is 0 Å². The number of nitrogens with one attached hydrogen (secondary N) is 1. The highest BCUT2D eigenvalue weighted by Gasteiger charge is 2.25. The van der Waals surface area contributed by atoms with Gasteiger partial charge < -0.3 is 20.3 Å². The number of aliphatic hydroxyl groups is 2. The summed E-state index contributed by atoms with van der Waals surface area (Å²) < 4.78 is 5.26. The van der Waals surface area contributed by atoms with Crippen LogP contribution in [0.5, 0.6) is 0 Å². The van der Waals surface area contributed by atoms with E-state index in [9.17, 15) is 9.90 Å². The van der Waals surface area contributed by atoms with Gasteiger partial charge in [-0.05, 0) is 25.7 Å². The van der Waals surface area contributed by atoms with Crippen molar-refractivity contribution < 1.29 is 19.7 Å². The molecule has 0 heterocycles. The van der Waals surface area contributed by atoms with Crippen molar-refractivity contribution in [2.24, 2.45) is 5.41 Å². The Morgan fingerprint density at radius 1 is 1.29 bits per heavy atom. The van der Waals surface area contributed by atoms with Gasteiger partial charge in [-0.3, -0.25) is 4.79 Å². The number of hydrogen-bond acceptors (Lipinski definition) is 4. The van der Waals surface area contributed by atoms with Crippen LogP contribution in [-0.2, 0) is 9.53 Å². The van der Waals surface area contributed by atoms with Gasteiger partial charge in [0.2, 0.25) is 5.91 Å². The molecule has 0 fully saturated rings. The van der Waals surface area contributed by atoms with Gasteiger partial charge in [-0.2, -0.15) is 0 Å². The number of rotatable bonds is 8. The van der Waals surface area contributed by atoms with Gasteiger partial charge in [0.15, 0.2) is 5.79 Å². The average Bonchev–Trinajstić information content (AvgIpc) is 2.14. The normalized spacial score (nSPS) is 12.6. The second-order valence-corrected chi connectivity index (χ2v) is 5.50. The van der Waals surface area contributed by atoms with Gasteiger partial charge in [0, 0.05) is 19.6 Å². The molecule has 0 atom stereocenters. The fourth-order valence-corrected chi connectivity index (χ4v) is 1.23. The zero-order valence-corrected chi connectivity index (χ0v) is 11.2. The molecule has 0 unspecified atom stereocenters. The van der Waals surface area contributed by atoms with Crippen LogP contribution in [0.15, 0.2) is 0 Å². The highest BCUT2D eigenvalue weighted by Crippen LogP contribution is 2.22. The smallest absolute Gasteiger partial charge is 0.220 e. The molecule has 0 saturated carbocycles. The first-order valence-electron chi connectivity index (χ1n) is 5.90. The van der Waals surface area contributed by atoms with Crippen molar-refractivity contribution in [3.63, 3.8) is 0 Å². The molecule has 5 nitrogen and oxygen atoms in total. The first-order chi connectivity index (χ1) is 7.66. The topological polar surface area (TPSA) is 78.8 Å². The Kier molecular flexibility index (Phi) is 6.67. The van der Waals surface area contributed by atoms with Crippen molar-refractivity contribution in [2.75, 3.05) is 19.8 Å². The average molecular weight is 247 g/mol. The lowest BCUT2D eigenvalue weighted by Crippen LogP contribution is -2.35. The van der Waals surface area contributed by atoms with E-state index in [-0.39, 0.29) is 17.9 Å². The van der Waals surface area contributed by atoms with E-state index in [0.29, 0.717) is 26.0 Å². The van der Waals surface area contributed by atoms with Crippen molar-refractivity contribution in [3.05, 3.63) is 0 Å². The Morgan fingerprint density at radius 3 is 2.35 bits per heavy atom. The molecule has 0 saturated heterocycles. The Morgan fingerprint density at radius 2 is 1.88 bits per heavy atom. The van der Waals surface area contributed by atoms with Crippen LogP contribution in [0.4, 0.5) is 0 Å². The number of ether oxygens (including phenoxy) is 1. The number of carbonyl (C=O) groups is 1. The van der Waals surface area contributed by atoms with E-state index in [2.05, 4.69) is 5.32 Å². The molecule has 0 aliphatic heterocycles. The molecule has 0 spiro atoms. The van der Waals surface area contributed by atoms with Crippen LogP contribution in [0, 0.1) is 5.41 Å². The van der Waals surface area contributed by atoms with E-state index in [1.807, 2.05) is 13.8 Å². The highest BCUT2D eigenvalue weighted by atomic mass is 16.6. The summed E-state index contributed by atoms with van der Waals surface area (Å²) in [5.41, 5.74) is -0.330. The summed E-state index contributed by atoms with van der Waals surface area (Å²) in [6, 6.07) is 0. The lowest BCUT2D eigenvalue weighted by molar-refractivity contribution is -0.192. The first-order valence-corrected chi connectivity index (χ1v) is 5.90. The minimum Gasteiger partial charge on any atom is -0.396 e. The third-order valence-corrected chi connectivity index (χ3v) is 2.11. The van der Waals surface area contributed by atoms with E-state index in [4.69, 9.17) is 9.84 Å². The van der Waals surface area contributed by atoms with E-state index in [1.165, 1.54) is 0 Å². The van der Waals surface area contributed by atoms with E-state index in [1.54, 1.807) is 13.8 Å². The maximum atomic E-state index is 11.5. The van der Waals surface area contributed by atoms with Gasteiger partial charge in [-0.25, -0.2) is 0 Å². The second kappa shape index (κ2) is 6.93. The molecule has 0 aromatic carbocycles. The fraction of sp³-hybridized carbons (Fsp3) is 0.917. The molecule has 0 bridgehead atoms. The summed E-state index contributed by atoms with van der Waals surface area (Å²) in [5, 5.41) is 20.7. The van der Waals surface area contributed by atoms with E-state index in [0.717, 1.165) is 0 Å². The van der Waals surface area contributed by atoms with Crippen LogP contribution in [0.1, 0.15) is 40.5 Å². The Balaban J connectivity index is 3.94. The molecule has 0 rings (SSSR count). The molecule has 3 N–H and O–H groups in total. The van der Waals surface area contributed by atoms with Gasteiger partial charge in [0.25, 0.3) is 0 Å². The maximum absolute atomic E-state index is 11.5. The molecule has 102 valence electrons. The monoisotopic (exact) mass is 247 g/mol. The van der Waals surface area contributed by atoms with Crippen LogP contribution in [0.25, 0.3) is 0 Å². The molecule has 0 aromatic heterocycles. The summed E-state index contributed by atoms with van der Waals surface area (Å²) in [7, 11) is 0. The summed E-state index contributed by atoms with van der Waals surface area (Å²) in [5.74, 6) is -1.24. The zero-order valence-electron chi connectivity index (χ0n) is 11.2. The van der Waals surface area contributed by atoms with Gasteiger partial charge in [0.1, 0.15) is 0 Å². The number of carbonyl (C=O) groups excluding carboxylic acids is 1. The lowest BCUT2D eigenvalue weighted by atomic mass is 9.90. The van der Waals surface area contributed by atoms with Gasteiger partial charge in [0.05, 0.1) is 6.61 Å². The number of hydrogen-bond donors (Lipinski definition) is 3. The molecule has 1 amide bonds. The van der Waals surface area contributed by atoms with Crippen LogP contribution in [0.3, 0.4) is 0 Å². The maximum Gasteiger partial charge on any atom is 0.220 e. The first kappa shape index (κ1) is 16.4. The van der Waals surface area contributed by atoms with Crippen LogP contribution >= 0.6 is 0 Å². The van der Waals surface area contributed by atoms with E-state index < -0.39 is 5.79 Å². The Labute approximate surface area is 103 Å². The highest BCUT2D eigenvalue weighted by molar-refractivity contribution is 5.76. The molecule has 17 heavy (non-hydrogen) atoms. The summed E-state index contributed by atoms with van der Waals surface area (Å²) in [4.78, 5) is 11.5. The minimum atomic E-state index is -1.18. The molecule has 0 aliphatic rings. The van der Waals surface area contributed by atoms with Crippen molar-refractivity contribution in [2.45, 2.75) is 46.3 Å². The largest absolute Gasteiger partial charge is 0.396 e. The Hall–Kier alpha value is -0.650. The lowest BCUT2D eigenvalue weighted by Gasteiger charge is -2.28. The molecule has 0 aromatic rings. The molecule has 0 radical (unpaired) electrons. The predicted molar refractivity (Wildman–Crippen MR) is 65.4 cm³/mol. The fourth-order valence-electron chi connectivity index (χ4n) is 1.23. The zero-order chi connectivity index (χ0) is 13.5. The van der Waals surface area contributed by atoms with Gasteiger partial charge in [-0.1, -0.05) is 13.8 Å². The van der Waals surface area contributed by atoms with Crippen molar-refractivity contribution >= 4 is 5.91 Å². The van der Waals surface area contributed by atoms with Crippen LogP contribution in [-0.4, -0.2) is 41.7 Å². The molecular weight excluding hydrogens is 222 g/mol. The summed E-state index contributed by atoms with van der Waals surface area (Å²) >= 11 is 0.